The van der Waals surface area contributed by atoms with Gasteiger partial charge in [0.2, 0.25) is 5.91 Å². The molecular weight excluding hydrogens is 224 g/mol. The second-order valence-electron chi connectivity index (χ2n) is 5.30. The van der Waals surface area contributed by atoms with E-state index >= 15 is 0 Å². The van der Waals surface area contributed by atoms with Crippen molar-refractivity contribution in [1.82, 2.24) is 5.32 Å². The molecule has 0 aromatic heterocycles. The van der Waals surface area contributed by atoms with E-state index in [4.69, 9.17) is 0 Å². The fourth-order valence-corrected chi connectivity index (χ4v) is 2.50. The van der Waals surface area contributed by atoms with Gasteiger partial charge in [-0.15, -0.1) is 0 Å². The molecule has 1 aliphatic rings. The number of carbonyl (C=O) groups is 1. The molecule has 2 rings (SSSR count). The van der Waals surface area contributed by atoms with Gasteiger partial charge in [-0.2, -0.15) is 0 Å². The summed E-state index contributed by atoms with van der Waals surface area (Å²) in [7, 11) is 0. The summed E-state index contributed by atoms with van der Waals surface area (Å²) in [5.74, 6) is 0.224. The number of amides is 1. The summed E-state index contributed by atoms with van der Waals surface area (Å²) in [6.07, 6.45) is 2.06. The van der Waals surface area contributed by atoms with Crippen molar-refractivity contribution in [3.05, 3.63) is 29.3 Å². The average molecular weight is 246 g/mol. The number of piperidine rings is 1. The lowest BCUT2D eigenvalue weighted by Gasteiger charge is -2.29. The van der Waals surface area contributed by atoms with Crippen LogP contribution in [0.5, 0.6) is 0 Å². The van der Waals surface area contributed by atoms with Crippen molar-refractivity contribution in [2.24, 2.45) is 5.92 Å². The molecule has 1 aromatic rings. The SMILES string of the molecule is Cc1ccc(C)c(NC(=O)C2CCCNC2C)c1. The second kappa shape index (κ2) is 5.53. The van der Waals surface area contributed by atoms with Crippen LogP contribution in [0.1, 0.15) is 30.9 Å². The number of hydrogen-bond acceptors (Lipinski definition) is 2. The van der Waals surface area contributed by atoms with Gasteiger partial charge in [0.25, 0.3) is 0 Å². The number of aryl methyl sites for hydroxylation is 2. The molecule has 0 bridgehead atoms. The molecule has 3 heteroatoms. The van der Waals surface area contributed by atoms with E-state index in [-0.39, 0.29) is 17.9 Å². The highest BCUT2D eigenvalue weighted by molar-refractivity contribution is 5.93. The van der Waals surface area contributed by atoms with E-state index in [1.165, 1.54) is 5.56 Å². The highest BCUT2D eigenvalue weighted by Gasteiger charge is 2.27. The summed E-state index contributed by atoms with van der Waals surface area (Å²) in [6, 6.07) is 6.42. The van der Waals surface area contributed by atoms with Crippen LogP contribution in [0.3, 0.4) is 0 Å². The zero-order valence-electron chi connectivity index (χ0n) is 11.4. The topological polar surface area (TPSA) is 41.1 Å². The normalized spacial score (nSPS) is 23.7. The number of benzene rings is 1. The van der Waals surface area contributed by atoms with Gasteiger partial charge >= 0.3 is 0 Å². The summed E-state index contributed by atoms with van der Waals surface area (Å²) >= 11 is 0. The molecule has 1 fully saturated rings. The van der Waals surface area contributed by atoms with Crippen LogP contribution in [-0.4, -0.2) is 18.5 Å². The summed E-state index contributed by atoms with van der Waals surface area (Å²) in [5.41, 5.74) is 3.23. The van der Waals surface area contributed by atoms with E-state index in [2.05, 4.69) is 23.6 Å². The van der Waals surface area contributed by atoms with Gasteiger partial charge in [0.05, 0.1) is 5.92 Å². The van der Waals surface area contributed by atoms with Gasteiger partial charge in [-0.1, -0.05) is 12.1 Å². The van der Waals surface area contributed by atoms with Crippen LogP contribution >= 0.6 is 0 Å². The molecule has 2 N–H and O–H groups in total. The molecule has 1 saturated heterocycles. The van der Waals surface area contributed by atoms with Crippen LogP contribution in [0.2, 0.25) is 0 Å². The molecule has 0 saturated carbocycles. The van der Waals surface area contributed by atoms with Crippen molar-refractivity contribution in [2.75, 3.05) is 11.9 Å². The molecule has 1 heterocycles. The first-order chi connectivity index (χ1) is 8.58. The number of carbonyl (C=O) groups excluding carboxylic acids is 1. The Hall–Kier alpha value is -1.35. The maximum Gasteiger partial charge on any atom is 0.229 e. The van der Waals surface area contributed by atoms with E-state index in [0.29, 0.717) is 0 Å². The molecular formula is C15H22N2O. The Morgan fingerprint density at radius 1 is 1.39 bits per heavy atom. The van der Waals surface area contributed by atoms with Crippen molar-refractivity contribution in [1.29, 1.82) is 0 Å². The predicted molar refractivity (Wildman–Crippen MR) is 74.7 cm³/mol. The number of hydrogen-bond donors (Lipinski definition) is 2. The monoisotopic (exact) mass is 246 g/mol. The Bertz CT molecular complexity index is 442. The van der Waals surface area contributed by atoms with Gasteiger partial charge in [0.15, 0.2) is 0 Å². The molecule has 0 spiro atoms. The molecule has 2 unspecified atom stereocenters. The largest absolute Gasteiger partial charge is 0.326 e. The van der Waals surface area contributed by atoms with Crippen molar-refractivity contribution in [3.63, 3.8) is 0 Å². The molecule has 0 aliphatic carbocycles. The number of nitrogens with one attached hydrogen (secondary N) is 2. The Balaban J connectivity index is 2.08. The van der Waals surface area contributed by atoms with Crippen molar-refractivity contribution in [3.8, 4) is 0 Å². The smallest absolute Gasteiger partial charge is 0.229 e. The van der Waals surface area contributed by atoms with E-state index in [9.17, 15) is 4.79 Å². The molecule has 2 atom stereocenters. The lowest BCUT2D eigenvalue weighted by molar-refractivity contribution is -0.121. The van der Waals surface area contributed by atoms with Crippen LogP contribution in [0.25, 0.3) is 0 Å². The van der Waals surface area contributed by atoms with Crippen LogP contribution in [0, 0.1) is 19.8 Å². The minimum atomic E-state index is 0.0821. The third kappa shape index (κ3) is 2.91. The summed E-state index contributed by atoms with van der Waals surface area (Å²) < 4.78 is 0. The van der Waals surface area contributed by atoms with Gasteiger partial charge in [0.1, 0.15) is 0 Å². The van der Waals surface area contributed by atoms with Crippen molar-refractivity contribution >= 4 is 11.6 Å². The molecule has 98 valence electrons. The zero-order valence-corrected chi connectivity index (χ0v) is 11.4. The molecule has 3 nitrogen and oxygen atoms in total. The first-order valence-corrected chi connectivity index (χ1v) is 6.69. The Kier molecular flexibility index (Phi) is 4.02. The predicted octanol–water partition coefficient (Wildman–Crippen LogP) is 2.63. The maximum absolute atomic E-state index is 12.3. The van der Waals surface area contributed by atoms with Crippen LogP contribution in [0.4, 0.5) is 5.69 Å². The molecule has 0 radical (unpaired) electrons. The summed E-state index contributed by atoms with van der Waals surface area (Å²) in [6.45, 7) is 7.18. The molecule has 1 amide bonds. The summed E-state index contributed by atoms with van der Waals surface area (Å²) in [4.78, 5) is 12.3. The fraction of sp³-hybridized carbons (Fsp3) is 0.533. The van der Waals surface area contributed by atoms with E-state index in [1.807, 2.05) is 26.0 Å². The Morgan fingerprint density at radius 3 is 2.89 bits per heavy atom. The van der Waals surface area contributed by atoms with Crippen molar-refractivity contribution in [2.45, 2.75) is 39.7 Å². The van der Waals surface area contributed by atoms with Crippen LogP contribution in [0.15, 0.2) is 18.2 Å². The lowest BCUT2D eigenvalue weighted by Crippen LogP contribution is -2.44. The average Bonchev–Trinajstić information content (AvgIpc) is 2.34. The van der Waals surface area contributed by atoms with E-state index in [0.717, 1.165) is 30.6 Å². The van der Waals surface area contributed by atoms with Gasteiger partial charge in [-0.25, -0.2) is 0 Å². The van der Waals surface area contributed by atoms with Crippen LogP contribution in [-0.2, 0) is 4.79 Å². The van der Waals surface area contributed by atoms with Gasteiger partial charge in [-0.3, -0.25) is 4.79 Å². The highest BCUT2D eigenvalue weighted by atomic mass is 16.1. The molecule has 1 aromatic carbocycles. The maximum atomic E-state index is 12.3. The minimum absolute atomic E-state index is 0.0821. The van der Waals surface area contributed by atoms with E-state index < -0.39 is 0 Å². The van der Waals surface area contributed by atoms with Gasteiger partial charge < -0.3 is 10.6 Å². The Labute approximate surface area is 109 Å². The first kappa shape index (κ1) is 13.1. The second-order valence-corrected chi connectivity index (χ2v) is 5.30. The fourth-order valence-electron chi connectivity index (χ4n) is 2.50. The molecule has 1 aliphatic heterocycles. The Morgan fingerprint density at radius 2 is 2.17 bits per heavy atom. The third-order valence-electron chi connectivity index (χ3n) is 3.75. The van der Waals surface area contributed by atoms with Gasteiger partial charge in [0, 0.05) is 11.7 Å². The minimum Gasteiger partial charge on any atom is -0.326 e. The lowest BCUT2D eigenvalue weighted by atomic mass is 9.91. The zero-order chi connectivity index (χ0) is 13.1. The first-order valence-electron chi connectivity index (χ1n) is 6.69. The summed E-state index contributed by atoms with van der Waals surface area (Å²) in [5, 5.41) is 6.44. The number of anilines is 1. The van der Waals surface area contributed by atoms with Crippen LogP contribution < -0.4 is 10.6 Å². The van der Waals surface area contributed by atoms with Gasteiger partial charge in [-0.05, 0) is 57.4 Å². The standard InChI is InChI=1S/C15H22N2O/c1-10-6-7-11(2)14(9-10)17-15(18)13-5-4-8-16-12(13)3/h6-7,9,12-13,16H,4-5,8H2,1-3H3,(H,17,18). The third-order valence-corrected chi connectivity index (χ3v) is 3.75. The highest BCUT2D eigenvalue weighted by Crippen LogP contribution is 2.21. The van der Waals surface area contributed by atoms with Crippen molar-refractivity contribution < 1.29 is 4.79 Å². The van der Waals surface area contributed by atoms with E-state index in [1.54, 1.807) is 0 Å². The molecule has 18 heavy (non-hydrogen) atoms. The number of rotatable bonds is 2. The quantitative estimate of drug-likeness (QED) is 0.842.